The van der Waals surface area contributed by atoms with Crippen molar-refractivity contribution in [2.45, 2.75) is 46.1 Å². The maximum Gasteiger partial charge on any atom is 0.285 e. The zero-order valence-corrected chi connectivity index (χ0v) is 22.5. The van der Waals surface area contributed by atoms with Crippen LogP contribution in [-0.2, 0) is 6.54 Å². The van der Waals surface area contributed by atoms with E-state index in [-0.39, 0.29) is 11.5 Å². The van der Waals surface area contributed by atoms with Crippen molar-refractivity contribution in [2.24, 2.45) is 5.92 Å². The van der Waals surface area contributed by atoms with Crippen molar-refractivity contribution in [3.8, 4) is 17.1 Å². The van der Waals surface area contributed by atoms with Gasteiger partial charge in [0.15, 0.2) is 11.5 Å². The van der Waals surface area contributed by atoms with Gasteiger partial charge in [-0.15, -0.1) is 0 Å². The van der Waals surface area contributed by atoms with Crippen LogP contribution in [0.5, 0.6) is 0 Å². The Morgan fingerprint density at radius 3 is 2.52 bits per heavy atom. The maximum absolute atomic E-state index is 13.3. The Balaban J connectivity index is 1.30. The number of rotatable bonds is 7. The van der Waals surface area contributed by atoms with Crippen molar-refractivity contribution in [3.63, 3.8) is 0 Å². The number of fused-ring (bicyclic) bond motifs is 1. The van der Waals surface area contributed by atoms with Gasteiger partial charge in [0.2, 0.25) is 0 Å². The molecule has 0 aliphatic heterocycles. The van der Waals surface area contributed by atoms with Crippen LogP contribution >= 0.6 is 0 Å². The Labute approximate surface area is 230 Å². The van der Waals surface area contributed by atoms with E-state index in [0.717, 1.165) is 17.7 Å². The number of carbonyl (C=O) groups is 1. The summed E-state index contributed by atoms with van der Waals surface area (Å²) in [4.78, 5) is 39.5. The summed E-state index contributed by atoms with van der Waals surface area (Å²) in [5, 5.41) is 12.8. The van der Waals surface area contributed by atoms with E-state index in [0.29, 0.717) is 45.7 Å². The smallest absolute Gasteiger partial charge is 0.285 e. The monoisotopic (exact) mass is 535 g/mol. The molecule has 1 saturated carbocycles. The molecule has 6 rings (SSSR count). The minimum Gasteiger partial charge on any atom is -0.383 e. The number of benzene rings is 1. The minimum absolute atomic E-state index is 0.00547. The van der Waals surface area contributed by atoms with Crippen LogP contribution in [0.2, 0.25) is 0 Å². The van der Waals surface area contributed by atoms with E-state index >= 15 is 0 Å². The quantitative estimate of drug-likeness (QED) is 0.317. The van der Waals surface area contributed by atoms with Crippen LogP contribution in [0, 0.1) is 12.8 Å². The number of amides is 1. The lowest BCUT2D eigenvalue weighted by Gasteiger charge is -2.12. The Kier molecular flexibility index (Phi) is 6.33. The highest BCUT2D eigenvalue weighted by Crippen LogP contribution is 2.35. The van der Waals surface area contributed by atoms with Crippen molar-refractivity contribution >= 4 is 28.4 Å². The first-order chi connectivity index (χ1) is 19.3. The third kappa shape index (κ3) is 4.81. The first-order valence-electron chi connectivity index (χ1n) is 13.2. The van der Waals surface area contributed by atoms with Crippen molar-refractivity contribution in [3.05, 3.63) is 82.2 Å². The summed E-state index contributed by atoms with van der Waals surface area (Å²) in [6.45, 7) is 6.61. The summed E-state index contributed by atoms with van der Waals surface area (Å²) in [5.41, 5.74) is 9.98. The number of nitrogens with zero attached hydrogens (tertiary/aromatic N) is 7. The molecule has 11 nitrogen and oxygen atoms in total. The molecule has 0 atom stereocenters. The number of nitrogen functional groups attached to an aromatic ring is 1. The number of nitrogens with two attached hydrogens (primary N) is 1. The van der Waals surface area contributed by atoms with Gasteiger partial charge >= 0.3 is 0 Å². The minimum atomic E-state index is -0.543. The molecule has 4 aromatic heterocycles. The highest BCUT2D eigenvalue weighted by atomic mass is 16.2. The van der Waals surface area contributed by atoms with Gasteiger partial charge in [0, 0.05) is 24.0 Å². The number of hydrogen-bond acceptors (Lipinski definition) is 8. The third-order valence-electron chi connectivity index (χ3n) is 6.98. The standard InChI is InChI=1S/C29H29N9O2/c1-16(2)22-12-21(29(40)38(35-22)23-11-4-17(3)13-31-23)28(39)34-20-9-7-19(8-10-20)25-24-26(30)32-15-33-27(24)37(36-25)14-18-5-6-18/h4,7-13,15-16,18H,5-6,14H2,1-3H3,(H,34,39)(H2,30,32,33). The van der Waals surface area contributed by atoms with Crippen molar-refractivity contribution in [1.29, 1.82) is 0 Å². The van der Waals surface area contributed by atoms with Gasteiger partial charge < -0.3 is 11.1 Å². The van der Waals surface area contributed by atoms with Gasteiger partial charge in [0.1, 0.15) is 23.4 Å². The van der Waals surface area contributed by atoms with E-state index in [4.69, 9.17) is 10.8 Å². The molecule has 1 amide bonds. The largest absolute Gasteiger partial charge is 0.383 e. The lowest BCUT2D eigenvalue weighted by Crippen LogP contribution is -2.31. The second kappa shape index (κ2) is 9.99. The number of aryl methyl sites for hydroxylation is 1. The Hall–Kier alpha value is -4.93. The van der Waals surface area contributed by atoms with E-state index in [1.54, 1.807) is 30.5 Å². The van der Waals surface area contributed by atoms with Crippen molar-refractivity contribution in [2.75, 3.05) is 11.1 Å². The van der Waals surface area contributed by atoms with Gasteiger partial charge in [-0.05, 0) is 61.4 Å². The lowest BCUT2D eigenvalue weighted by atomic mass is 10.1. The molecule has 0 bridgehead atoms. The van der Waals surface area contributed by atoms with Gasteiger partial charge in [-0.1, -0.05) is 32.0 Å². The topological polar surface area (TPSA) is 146 Å². The summed E-state index contributed by atoms with van der Waals surface area (Å²) in [6, 6.07) is 12.3. The number of pyridine rings is 1. The van der Waals surface area contributed by atoms with Crippen LogP contribution in [0.3, 0.4) is 0 Å². The molecule has 4 heterocycles. The number of aromatic nitrogens is 7. The van der Waals surface area contributed by atoms with Gasteiger partial charge in [-0.2, -0.15) is 14.9 Å². The van der Waals surface area contributed by atoms with Crippen LogP contribution in [-0.4, -0.2) is 40.4 Å². The highest BCUT2D eigenvalue weighted by Gasteiger charge is 2.25. The summed E-state index contributed by atoms with van der Waals surface area (Å²) in [6.07, 6.45) is 5.49. The van der Waals surface area contributed by atoms with Crippen LogP contribution < -0.4 is 16.6 Å². The molecular formula is C29H29N9O2. The molecule has 40 heavy (non-hydrogen) atoms. The van der Waals surface area contributed by atoms with Crippen molar-refractivity contribution in [1.82, 2.24) is 34.5 Å². The number of anilines is 2. The molecule has 0 radical (unpaired) electrons. The van der Waals surface area contributed by atoms with E-state index in [9.17, 15) is 9.59 Å². The fourth-order valence-electron chi connectivity index (χ4n) is 4.51. The highest BCUT2D eigenvalue weighted by molar-refractivity contribution is 6.04. The summed E-state index contributed by atoms with van der Waals surface area (Å²) < 4.78 is 3.09. The van der Waals surface area contributed by atoms with E-state index < -0.39 is 11.5 Å². The molecule has 1 aliphatic carbocycles. The summed E-state index contributed by atoms with van der Waals surface area (Å²) >= 11 is 0. The number of carbonyl (C=O) groups excluding carboxylic acids is 1. The normalized spacial score (nSPS) is 13.2. The second-order valence-electron chi connectivity index (χ2n) is 10.5. The second-order valence-corrected chi connectivity index (χ2v) is 10.5. The lowest BCUT2D eigenvalue weighted by molar-refractivity contribution is 0.102. The Morgan fingerprint density at radius 1 is 1.07 bits per heavy atom. The molecule has 202 valence electrons. The predicted octanol–water partition coefficient (Wildman–Crippen LogP) is 4.11. The van der Waals surface area contributed by atoms with E-state index in [1.165, 1.54) is 23.9 Å². The summed E-state index contributed by atoms with van der Waals surface area (Å²) in [5.74, 6) is 0.805. The van der Waals surface area contributed by atoms with E-state index in [1.807, 2.05) is 43.7 Å². The van der Waals surface area contributed by atoms with E-state index in [2.05, 4.69) is 25.4 Å². The van der Waals surface area contributed by atoms with Crippen LogP contribution in [0.1, 0.15) is 54.2 Å². The molecule has 5 aromatic rings. The first kappa shape index (κ1) is 25.4. The Bertz CT molecular complexity index is 1780. The molecule has 1 fully saturated rings. The maximum atomic E-state index is 13.3. The zero-order valence-electron chi connectivity index (χ0n) is 22.5. The van der Waals surface area contributed by atoms with Gasteiger partial charge in [0.25, 0.3) is 11.5 Å². The fourth-order valence-corrected chi connectivity index (χ4v) is 4.51. The van der Waals surface area contributed by atoms with Gasteiger partial charge in [-0.25, -0.2) is 19.6 Å². The number of hydrogen-bond donors (Lipinski definition) is 2. The molecule has 0 saturated heterocycles. The van der Waals surface area contributed by atoms with Crippen molar-refractivity contribution < 1.29 is 4.79 Å². The van der Waals surface area contributed by atoms with Gasteiger partial charge in [-0.3, -0.25) is 9.59 Å². The zero-order chi connectivity index (χ0) is 28.0. The predicted molar refractivity (Wildman–Crippen MR) is 152 cm³/mol. The SMILES string of the molecule is Cc1ccc(-n2nc(C(C)C)cc(C(=O)Nc3ccc(-c4nn(CC5CC5)c5ncnc(N)c45)cc3)c2=O)nc1. The van der Waals surface area contributed by atoms with Gasteiger partial charge in [0.05, 0.1) is 11.1 Å². The molecule has 1 aliphatic rings. The molecular weight excluding hydrogens is 506 g/mol. The van der Waals surface area contributed by atoms with Crippen LogP contribution in [0.15, 0.2) is 59.8 Å². The van der Waals surface area contributed by atoms with Crippen LogP contribution in [0.25, 0.3) is 28.1 Å². The third-order valence-corrected chi connectivity index (χ3v) is 6.98. The Morgan fingerprint density at radius 2 is 1.85 bits per heavy atom. The fraction of sp³-hybridized carbons (Fsp3) is 0.276. The molecule has 0 unspecified atom stereocenters. The average molecular weight is 536 g/mol. The molecule has 1 aromatic carbocycles. The molecule has 11 heteroatoms. The summed E-state index contributed by atoms with van der Waals surface area (Å²) in [7, 11) is 0. The average Bonchev–Trinajstić information content (AvgIpc) is 3.69. The first-order valence-corrected chi connectivity index (χ1v) is 13.2. The van der Waals surface area contributed by atoms with Crippen LogP contribution in [0.4, 0.5) is 11.5 Å². The molecule has 0 spiro atoms. The molecule has 3 N–H and O–H groups in total. The number of nitrogens with one attached hydrogen (secondary N) is 1.